The van der Waals surface area contributed by atoms with E-state index in [4.69, 9.17) is 14.7 Å². The molecular formula is C19H21N3O3. The number of amides is 1. The summed E-state index contributed by atoms with van der Waals surface area (Å²) in [7, 11) is 0. The number of carbonyl (C=O) groups is 1. The fourth-order valence-electron chi connectivity index (χ4n) is 3.00. The van der Waals surface area contributed by atoms with Crippen LogP contribution in [-0.2, 0) is 4.74 Å². The number of aromatic amines is 1. The van der Waals surface area contributed by atoms with Crippen LogP contribution in [0.15, 0.2) is 42.6 Å². The van der Waals surface area contributed by atoms with Crippen molar-refractivity contribution in [3.05, 3.63) is 53.9 Å². The van der Waals surface area contributed by atoms with Gasteiger partial charge in [-0.1, -0.05) is 18.2 Å². The molecule has 1 aliphatic heterocycles. The Morgan fingerprint density at radius 3 is 2.88 bits per heavy atom. The van der Waals surface area contributed by atoms with E-state index in [1.807, 2.05) is 50.2 Å². The van der Waals surface area contributed by atoms with E-state index in [9.17, 15) is 4.79 Å². The average Bonchev–Trinajstić information content (AvgIpc) is 3.08. The van der Waals surface area contributed by atoms with Gasteiger partial charge in [0.25, 0.3) is 5.91 Å². The van der Waals surface area contributed by atoms with Crippen LogP contribution in [0.1, 0.15) is 29.9 Å². The lowest BCUT2D eigenvalue weighted by atomic mass is 10.0. The van der Waals surface area contributed by atoms with E-state index in [0.717, 1.165) is 5.75 Å². The molecule has 0 radical (unpaired) electrons. The van der Waals surface area contributed by atoms with Gasteiger partial charge in [0.1, 0.15) is 30.2 Å². The van der Waals surface area contributed by atoms with Gasteiger partial charge >= 0.3 is 0 Å². The van der Waals surface area contributed by atoms with Crippen LogP contribution in [0.2, 0.25) is 0 Å². The van der Waals surface area contributed by atoms with Gasteiger partial charge in [0.2, 0.25) is 0 Å². The highest BCUT2D eigenvalue weighted by Crippen LogP contribution is 2.23. The number of ether oxygens (including phenoxy) is 2. The zero-order valence-electron chi connectivity index (χ0n) is 14.4. The van der Waals surface area contributed by atoms with Crippen LogP contribution < -0.4 is 4.74 Å². The number of aromatic nitrogens is 1. The molecule has 1 unspecified atom stereocenters. The van der Waals surface area contributed by atoms with E-state index in [-0.39, 0.29) is 12.0 Å². The third kappa shape index (κ3) is 4.20. The molecule has 0 spiro atoms. The molecule has 3 rings (SSSR count). The highest BCUT2D eigenvalue weighted by Gasteiger charge is 2.36. The molecule has 1 N–H and O–H groups in total. The van der Waals surface area contributed by atoms with E-state index < -0.39 is 5.60 Å². The first-order valence-corrected chi connectivity index (χ1v) is 8.20. The van der Waals surface area contributed by atoms with Crippen molar-refractivity contribution >= 4 is 5.91 Å². The van der Waals surface area contributed by atoms with Crippen LogP contribution in [0.25, 0.3) is 0 Å². The molecule has 1 saturated heterocycles. The Morgan fingerprint density at radius 2 is 2.20 bits per heavy atom. The van der Waals surface area contributed by atoms with E-state index in [0.29, 0.717) is 31.0 Å². The van der Waals surface area contributed by atoms with Gasteiger partial charge in [0, 0.05) is 12.7 Å². The minimum atomic E-state index is -0.469. The molecule has 0 aliphatic carbocycles. The first kappa shape index (κ1) is 17.1. The van der Waals surface area contributed by atoms with E-state index in [1.54, 1.807) is 11.0 Å². The number of rotatable bonds is 4. The Morgan fingerprint density at radius 1 is 1.44 bits per heavy atom. The maximum Gasteiger partial charge on any atom is 0.270 e. The van der Waals surface area contributed by atoms with Gasteiger partial charge in [-0.3, -0.25) is 4.79 Å². The van der Waals surface area contributed by atoms with E-state index in [1.165, 1.54) is 6.20 Å². The highest BCUT2D eigenvalue weighted by molar-refractivity contribution is 5.93. The lowest BCUT2D eigenvalue weighted by molar-refractivity contribution is -0.136. The van der Waals surface area contributed by atoms with Crippen molar-refractivity contribution in [1.82, 2.24) is 9.88 Å². The molecule has 1 atom stereocenters. The number of benzene rings is 1. The van der Waals surface area contributed by atoms with Crippen molar-refractivity contribution in [2.75, 3.05) is 19.7 Å². The van der Waals surface area contributed by atoms with Gasteiger partial charge in [-0.25, -0.2) is 0 Å². The van der Waals surface area contributed by atoms with Crippen molar-refractivity contribution in [1.29, 1.82) is 5.26 Å². The number of nitrogens with zero attached hydrogens (tertiary/aromatic N) is 2. The fourth-order valence-corrected chi connectivity index (χ4v) is 3.00. The second-order valence-electron chi connectivity index (χ2n) is 6.72. The van der Waals surface area contributed by atoms with Crippen LogP contribution in [0, 0.1) is 11.3 Å². The van der Waals surface area contributed by atoms with Crippen molar-refractivity contribution in [3.8, 4) is 11.8 Å². The second-order valence-corrected chi connectivity index (χ2v) is 6.72. The van der Waals surface area contributed by atoms with E-state index in [2.05, 4.69) is 4.98 Å². The summed E-state index contributed by atoms with van der Waals surface area (Å²) in [5.74, 6) is 0.637. The number of morpholine rings is 1. The number of carbonyl (C=O) groups excluding carboxylic acids is 1. The minimum absolute atomic E-state index is 0.136. The van der Waals surface area contributed by atoms with Crippen LogP contribution in [0.4, 0.5) is 0 Å². The van der Waals surface area contributed by atoms with Gasteiger partial charge < -0.3 is 19.4 Å². The standard InChI is InChI=1S/C19H21N3O3/c1-19(2)13-22(18(23)17-8-14(9-20)10-21-17)11-16(25-19)12-24-15-6-4-3-5-7-15/h3-8,10,16,21H,11-13H2,1-2H3. The third-order valence-electron chi connectivity index (χ3n) is 3.99. The fraction of sp³-hybridized carbons (Fsp3) is 0.368. The van der Waals surface area contributed by atoms with Gasteiger partial charge in [-0.05, 0) is 32.0 Å². The van der Waals surface area contributed by atoms with Crippen LogP contribution in [-0.4, -0.2) is 47.2 Å². The van der Waals surface area contributed by atoms with Gasteiger partial charge in [-0.15, -0.1) is 0 Å². The normalized spacial score (nSPS) is 19.2. The number of hydrogen-bond acceptors (Lipinski definition) is 4. The Balaban J connectivity index is 1.68. The topological polar surface area (TPSA) is 78.4 Å². The molecule has 0 saturated carbocycles. The molecule has 1 aromatic carbocycles. The quantitative estimate of drug-likeness (QED) is 0.929. The maximum atomic E-state index is 12.7. The molecule has 1 fully saturated rings. The average molecular weight is 339 g/mol. The molecule has 1 amide bonds. The van der Waals surface area contributed by atoms with Crippen LogP contribution in [0.5, 0.6) is 5.75 Å². The summed E-state index contributed by atoms with van der Waals surface area (Å²) < 4.78 is 11.8. The second kappa shape index (κ2) is 6.99. The Kier molecular flexibility index (Phi) is 4.77. The highest BCUT2D eigenvalue weighted by atomic mass is 16.5. The summed E-state index contributed by atoms with van der Waals surface area (Å²) in [5, 5.41) is 8.91. The molecule has 130 valence electrons. The predicted molar refractivity (Wildman–Crippen MR) is 92.3 cm³/mol. The number of hydrogen-bond donors (Lipinski definition) is 1. The zero-order chi connectivity index (χ0) is 17.9. The third-order valence-corrected chi connectivity index (χ3v) is 3.99. The molecular weight excluding hydrogens is 318 g/mol. The van der Waals surface area contributed by atoms with Crippen molar-refractivity contribution < 1.29 is 14.3 Å². The molecule has 2 aromatic rings. The SMILES string of the molecule is CC1(C)CN(C(=O)c2cc(C#N)c[nH]2)CC(COc2ccccc2)O1. The summed E-state index contributed by atoms with van der Waals surface area (Å²) in [4.78, 5) is 17.3. The van der Waals surface area contributed by atoms with Crippen LogP contribution >= 0.6 is 0 Å². The molecule has 25 heavy (non-hydrogen) atoms. The number of H-pyrrole nitrogens is 1. The maximum absolute atomic E-state index is 12.7. The smallest absolute Gasteiger partial charge is 0.270 e. The van der Waals surface area contributed by atoms with Gasteiger partial charge in [0.05, 0.1) is 17.7 Å². The Bertz CT molecular complexity index is 777. The molecule has 1 aromatic heterocycles. The Hall–Kier alpha value is -2.78. The molecule has 6 heteroatoms. The lowest BCUT2D eigenvalue weighted by Gasteiger charge is -2.42. The molecule has 1 aliphatic rings. The summed E-state index contributed by atoms with van der Waals surface area (Å²) in [5.41, 5.74) is 0.389. The Labute approximate surface area is 147 Å². The van der Waals surface area contributed by atoms with Crippen molar-refractivity contribution in [2.45, 2.75) is 25.6 Å². The lowest BCUT2D eigenvalue weighted by Crippen LogP contribution is -2.56. The van der Waals surface area contributed by atoms with Crippen molar-refractivity contribution in [2.24, 2.45) is 0 Å². The largest absolute Gasteiger partial charge is 0.491 e. The van der Waals surface area contributed by atoms with Gasteiger partial charge in [0.15, 0.2) is 0 Å². The van der Waals surface area contributed by atoms with E-state index >= 15 is 0 Å². The zero-order valence-corrected chi connectivity index (χ0v) is 14.4. The number of nitrogens with one attached hydrogen (secondary N) is 1. The molecule has 6 nitrogen and oxygen atoms in total. The van der Waals surface area contributed by atoms with Crippen LogP contribution in [0.3, 0.4) is 0 Å². The van der Waals surface area contributed by atoms with Crippen molar-refractivity contribution in [3.63, 3.8) is 0 Å². The summed E-state index contributed by atoms with van der Waals surface area (Å²) in [6.45, 7) is 5.20. The minimum Gasteiger partial charge on any atom is -0.491 e. The number of para-hydroxylation sites is 1. The predicted octanol–water partition coefficient (Wildman–Crippen LogP) is 2.58. The molecule has 0 bridgehead atoms. The summed E-state index contributed by atoms with van der Waals surface area (Å²) >= 11 is 0. The summed E-state index contributed by atoms with van der Waals surface area (Å²) in [6, 6.07) is 13.1. The first-order valence-electron chi connectivity index (χ1n) is 8.20. The molecule has 2 heterocycles. The first-order chi connectivity index (χ1) is 12.0. The summed E-state index contributed by atoms with van der Waals surface area (Å²) in [6.07, 6.45) is 1.31. The number of nitriles is 1. The van der Waals surface area contributed by atoms with Gasteiger partial charge in [-0.2, -0.15) is 5.26 Å². The monoisotopic (exact) mass is 339 g/mol.